The van der Waals surface area contributed by atoms with Crippen LogP contribution in [0.3, 0.4) is 0 Å². The molecule has 0 bridgehead atoms. The van der Waals surface area contributed by atoms with Crippen molar-refractivity contribution in [2.45, 2.75) is 38.6 Å². The fourth-order valence-corrected chi connectivity index (χ4v) is 1.74. The number of unbranched alkanes of at least 4 members (excludes halogenated alkanes) is 3. The van der Waals surface area contributed by atoms with Crippen molar-refractivity contribution in [1.29, 1.82) is 0 Å². The van der Waals surface area contributed by atoms with E-state index in [2.05, 4.69) is 10.4 Å². The summed E-state index contributed by atoms with van der Waals surface area (Å²) < 4.78 is 6.71. The van der Waals surface area contributed by atoms with Crippen molar-refractivity contribution in [3.05, 3.63) is 12.4 Å². The van der Waals surface area contributed by atoms with Crippen molar-refractivity contribution in [2.75, 3.05) is 25.6 Å². The number of hydrogen-bond donors (Lipinski definition) is 2. The molecule has 1 heterocycles. The molecule has 0 unspecified atom stereocenters. The van der Waals surface area contributed by atoms with Gasteiger partial charge < -0.3 is 15.8 Å². The molecule has 1 amide bonds. The van der Waals surface area contributed by atoms with Gasteiger partial charge in [0, 0.05) is 19.7 Å². The number of hydrogen-bond acceptors (Lipinski definition) is 4. The van der Waals surface area contributed by atoms with Crippen molar-refractivity contribution in [3.8, 4) is 0 Å². The zero-order chi connectivity index (χ0) is 13.9. The average Bonchev–Trinajstić information content (AvgIpc) is 2.83. The van der Waals surface area contributed by atoms with Gasteiger partial charge in [-0.05, 0) is 19.4 Å². The lowest BCUT2D eigenvalue weighted by atomic mass is 10.1. The Morgan fingerprint density at radius 2 is 2.15 bits per heavy atom. The van der Waals surface area contributed by atoms with E-state index in [9.17, 15) is 4.79 Å². The number of ether oxygens (including phenoxy) is 1. The van der Waals surface area contributed by atoms with Crippen LogP contribution < -0.4 is 11.1 Å². The first-order valence-corrected chi connectivity index (χ1v) is 6.77. The number of aromatic nitrogens is 2. The first kappa shape index (κ1) is 18.9. The summed E-state index contributed by atoms with van der Waals surface area (Å²) in [6.45, 7) is 2.02. The van der Waals surface area contributed by atoms with Gasteiger partial charge in [0.15, 0.2) is 0 Å². The van der Waals surface area contributed by atoms with Crippen molar-refractivity contribution in [3.63, 3.8) is 0 Å². The van der Waals surface area contributed by atoms with E-state index in [-0.39, 0.29) is 18.3 Å². The van der Waals surface area contributed by atoms with Gasteiger partial charge in [-0.1, -0.05) is 12.8 Å². The van der Waals surface area contributed by atoms with Crippen LogP contribution in [0.25, 0.3) is 0 Å². The fraction of sp³-hybridized carbons (Fsp3) is 0.692. The molecule has 116 valence electrons. The zero-order valence-electron chi connectivity index (χ0n) is 12.0. The molecule has 3 N–H and O–H groups in total. The van der Waals surface area contributed by atoms with E-state index < -0.39 is 0 Å². The molecule has 0 saturated carbocycles. The first-order chi connectivity index (χ1) is 9.26. The maximum Gasteiger partial charge on any atom is 0.224 e. The Hall–Kier alpha value is -1.11. The number of halogens is 1. The summed E-state index contributed by atoms with van der Waals surface area (Å²) in [4.78, 5) is 11.7. The van der Waals surface area contributed by atoms with E-state index in [1.165, 1.54) is 0 Å². The Kier molecular flexibility index (Phi) is 11.0. The smallest absolute Gasteiger partial charge is 0.224 e. The molecular weight excluding hydrogens is 280 g/mol. The SMILES string of the molecule is COCCn1cc(NC(=O)CCCCCCN)cn1.Cl. The maximum absolute atomic E-state index is 11.7. The molecule has 0 aliphatic heterocycles. The normalized spacial score (nSPS) is 10.1. The topological polar surface area (TPSA) is 82.2 Å². The molecule has 0 spiro atoms. The van der Waals surface area contributed by atoms with E-state index >= 15 is 0 Å². The summed E-state index contributed by atoms with van der Waals surface area (Å²) in [5.41, 5.74) is 6.15. The third-order valence-corrected chi connectivity index (χ3v) is 2.80. The summed E-state index contributed by atoms with van der Waals surface area (Å²) in [5.74, 6) is 0.0408. The lowest BCUT2D eigenvalue weighted by Crippen LogP contribution is -2.10. The minimum absolute atomic E-state index is 0. The molecule has 0 fully saturated rings. The Balaban J connectivity index is 0.00000361. The highest BCUT2D eigenvalue weighted by molar-refractivity contribution is 5.90. The molecule has 0 aromatic carbocycles. The van der Waals surface area contributed by atoms with Gasteiger partial charge in [-0.2, -0.15) is 5.10 Å². The van der Waals surface area contributed by atoms with Gasteiger partial charge in [-0.25, -0.2) is 0 Å². The predicted molar refractivity (Wildman–Crippen MR) is 82.1 cm³/mol. The number of methoxy groups -OCH3 is 1. The highest BCUT2D eigenvalue weighted by atomic mass is 35.5. The van der Waals surface area contributed by atoms with Gasteiger partial charge in [-0.15, -0.1) is 12.4 Å². The molecular formula is C13H25ClN4O2. The quantitative estimate of drug-likeness (QED) is 0.646. The van der Waals surface area contributed by atoms with Crippen LogP contribution in [0, 0.1) is 0 Å². The van der Waals surface area contributed by atoms with Gasteiger partial charge in [0.05, 0.1) is 25.0 Å². The molecule has 20 heavy (non-hydrogen) atoms. The summed E-state index contributed by atoms with van der Waals surface area (Å²) in [7, 11) is 1.65. The summed E-state index contributed by atoms with van der Waals surface area (Å²) >= 11 is 0. The molecule has 0 radical (unpaired) electrons. The van der Waals surface area contributed by atoms with Crippen molar-refractivity contribution in [1.82, 2.24) is 9.78 Å². The number of carbonyl (C=O) groups is 1. The van der Waals surface area contributed by atoms with Crippen LogP contribution in [0.1, 0.15) is 32.1 Å². The van der Waals surface area contributed by atoms with Crippen LogP contribution in [0.5, 0.6) is 0 Å². The van der Waals surface area contributed by atoms with Crippen LogP contribution in [-0.2, 0) is 16.1 Å². The lowest BCUT2D eigenvalue weighted by molar-refractivity contribution is -0.116. The summed E-state index contributed by atoms with van der Waals surface area (Å²) in [6, 6.07) is 0. The van der Waals surface area contributed by atoms with Gasteiger partial charge in [0.2, 0.25) is 5.91 Å². The number of anilines is 1. The van der Waals surface area contributed by atoms with E-state index in [1.807, 2.05) is 6.20 Å². The number of nitrogens with one attached hydrogen (secondary N) is 1. The molecule has 1 aromatic heterocycles. The predicted octanol–water partition coefficient (Wildman–Crippen LogP) is 1.80. The van der Waals surface area contributed by atoms with E-state index in [0.717, 1.165) is 37.9 Å². The van der Waals surface area contributed by atoms with Gasteiger partial charge in [0.1, 0.15) is 0 Å². The van der Waals surface area contributed by atoms with Crippen LogP contribution in [0.4, 0.5) is 5.69 Å². The second-order valence-corrected chi connectivity index (χ2v) is 4.49. The molecule has 6 nitrogen and oxygen atoms in total. The highest BCUT2D eigenvalue weighted by Crippen LogP contribution is 2.08. The molecule has 0 atom stereocenters. The molecule has 7 heteroatoms. The number of amides is 1. The van der Waals surface area contributed by atoms with Crippen molar-refractivity contribution >= 4 is 24.0 Å². The second kappa shape index (κ2) is 11.7. The first-order valence-electron chi connectivity index (χ1n) is 6.77. The highest BCUT2D eigenvalue weighted by Gasteiger charge is 2.04. The molecule has 0 aliphatic rings. The third kappa shape index (κ3) is 8.14. The Bertz CT molecular complexity index is 371. The molecule has 1 rings (SSSR count). The molecule has 0 aliphatic carbocycles. The van der Waals surface area contributed by atoms with E-state index in [1.54, 1.807) is 18.0 Å². The van der Waals surface area contributed by atoms with E-state index in [4.69, 9.17) is 10.5 Å². The van der Waals surface area contributed by atoms with Crippen LogP contribution in [0.2, 0.25) is 0 Å². The standard InChI is InChI=1S/C13H24N4O2.ClH/c1-19-9-8-17-11-12(10-15-17)16-13(18)6-4-2-3-5-7-14;/h10-11H,2-9,14H2,1H3,(H,16,18);1H. The number of carbonyl (C=O) groups excluding carboxylic acids is 1. The maximum atomic E-state index is 11.7. The largest absolute Gasteiger partial charge is 0.383 e. The number of nitrogens with zero attached hydrogens (tertiary/aromatic N) is 2. The summed E-state index contributed by atoms with van der Waals surface area (Å²) in [6.07, 6.45) is 8.11. The van der Waals surface area contributed by atoms with Crippen LogP contribution >= 0.6 is 12.4 Å². The van der Waals surface area contributed by atoms with Crippen molar-refractivity contribution in [2.24, 2.45) is 5.73 Å². The second-order valence-electron chi connectivity index (χ2n) is 4.49. The Labute approximate surface area is 126 Å². The molecule has 0 saturated heterocycles. The van der Waals surface area contributed by atoms with E-state index in [0.29, 0.717) is 19.6 Å². The Morgan fingerprint density at radius 3 is 2.85 bits per heavy atom. The van der Waals surface area contributed by atoms with Gasteiger partial charge in [0.25, 0.3) is 0 Å². The summed E-state index contributed by atoms with van der Waals surface area (Å²) in [5, 5.41) is 6.98. The van der Waals surface area contributed by atoms with Crippen LogP contribution in [0.15, 0.2) is 12.4 Å². The Morgan fingerprint density at radius 1 is 1.40 bits per heavy atom. The minimum atomic E-state index is 0. The van der Waals surface area contributed by atoms with Crippen molar-refractivity contribution < 1.29 is 9.53 Å². The number of rotatable bonds is 10. The monoisotopic (exact) mass is 304 g/mol. The minimum Gasteiger partial charge on any atom is -0.383 e. The third-order valence-electron chi connectivity index (χ3n) is 2.80. The molecule has 1 aromatic rings. The van der Waals surface area contributed by atoms with Gasteiger partial charge >= 0.3 is 0 Å². The average molecular weight is 305 g/mol. The lowest BCUT2D eigenvalue weighted by Gasteiger charge is -2.02. The number of nitrogens with two attached hydrogens (primary N) is 1. The van der Waals surface area contributed by atoms with Gasteiger partial charge in [-0.3, -0.25) is 9.48 Å². The fourth-order valence-electron chi connectivity index (χ4n) is 1.74. The van der Waals surface area contributed by atoms with Crippen LogP contribution in [-0.4, -0.2) is 35.9 Å². The zero-order valence-corrected chi connectivity index (χ0v) is 12.8.